The predicted molar refractivity (Wildman–Crippen MR) is 66.6 cm³/mol. The number of hydrogen-bond acceptors (Lipinski definition) is 2. The first-order chi connectivity index (χ1) is 7.67. The van der Waals surface area contributed by atoms with Crippen LogP contribution in [0.3, 0.4) is 0 Å². The van der Waals surface area contributed by atoms with Crippen LogP contribution in [0.2, 0.25) is 0 Å². The van der Waals surface area contributed by atoms with E-state index in [-0.39, 0.29) is 12.0 Å². The SMILES string of the molecule is CCc1ccc(CC(O)C(C)COC)cc1. The van der Waals surface area contributed by atoms with Crippen LogP contribution >= 0.6 is 0 Å². The summed E-state index contributed by atoms with van der Waals surface area (Å²) in [7, 11) is 1.67. The average molecular weight is 222 g/mol. The van der Waals surface area contributed by atoms with E-state index < -0.39 is 0 Å². The smallest absolute Gasteiger partial charge is 0.0628 e. The minimum Gasteiger partial charge on any atom is -0.392 e. The van der Waals surface area contributed by atoms with E-state index in [0.29, 0.717) is 13.0 Å². The van der Waals surface area contributed by atoms with Gasteiger partial charge in [0.2, 0.25) is 0 Å². The highest BCUT2D eigenvalue weighted by Crippen LogP contribution is 2.12. The van der Waals surface area contributed by atoms with E-state index in [9.17, 15) is 5.11 Å². The third-order valence-corrected chi connectivity index (χ3v) is 2.96. The van der Waals surface area contributed by atoms with Gasteiger partial charge in [-0.25, -0.2) is 0 Å². The summed E-state index contributed by atoms with van der Waals surface area (Å²) >= 11 is 0. The lowest BCUT2D eigenvalue weighted by Crippen LogP contribution is -2.24. The Morgan fingerprint density at radius 2 is 1.75 bits per heavy atom. The number of aryl methyl sites for hydroxylation is 1. The van der Waals surface area contributed by atoms with Crippen molar-refractivity contribution in [1.29, 1.82) is 0 Å². The van der Waals surface area contributed by atoms with Crippen LogP contribution in [-0.2, 0) is 17.6 Å². The minimum atomic E-state index is -0.326. The molecule has 0 amide bonds. The first-order valence-corrected chi connectivity index (χ1v) is 5.92. The number of rotatable bonds is 6. The lowest BCUT2D eigenvalue weighted by Gasteiger charge is -2.18. The van der Waals surface area contributed by atoms with Crippen molar-refractivity contribution in [2.75, 3.05) is 13.7 Å². The Kier molecular flexibility index (Phi) is 5.50. The molecule has 2 unspecified atom stereocenters. The number of hydrogen-bond donors (Lipinski definition) is 1. The van der Waals surface area contributed by atoms with Crippen LogP contribution in [0.1, 0.15) is 25.0 Å². The molecule has 0 spiro atoms. The van der Waals surface area contributed by atoms with Crippen molar-refractivity contribution in [3.05, 3.63) is 35.4 Å². The Hall–Kier alpha value is -0.860. The molecule has 0 aliphatic heterocycles. The fourth-order valence-corrected chi connectivity index (χ4v) is 1.73. The average Bonchev–Trinajstić information content (AvgIpc) is 2.30. The Balaban J connectivity index is 2.52. The normalized spacial score (nSPS) is 14.8. The molecule has 1 aromatic rings. The highest BCUT2D eigenvalue weighted by Gasteiger charge is 2.14. The predicted octanol–water partition coefficient (Wildman–Crippen LogP) is 2.43. The minimum absolute atomic E-state index is 0.177. The van der Waals surface area contributed by atoms with E-state index in [2.05, 4.69) is 31.2 Å². The van der Waals surface area contributed by atoms with Crippen molar-refractivity contribution in [3.63, 3.8) is 0 Å². The van der Waals surface area contributed by atoms with Crippen LogP contribution in [0.4, 0.5) is 0 Å². The van der Waals surface area contributed by atoms with Gasteiger partial charge in [0.1, 0.15) is 0 Å². The summed E-state index contributed by atoms with van der Waals surface area (Å²) in [6, 6.07) is 8.45. The summed E-state index contributed by atoms with van der Waals surface area (Å²) in [5.41, 5.74) is 2.52. The zero-order valence-corrected chi connectivity index (χ0v) is 10.4. The molecule has 0 aliphatic carbocycles. The monoisotopic (exact) mass is 222 g/mol. The van der Waals surface area contributed by atoms with E-state index >= 15 is 0 Å². The van der Waals surface area contributed by atoms with Gasteiger partial charge in [0.15, 0.2) is 0 Å². The molecule has 2 heteroatoms. The zero-order valence-electron chi connectivity index (χ0n) is 10.4. The first-order valence-electron chi connectivity index (χ1n) is 5.92. The van der Waals surface area contributed by atoms with Gasteiger partial charge in [0.25, 0.3) is 0 Å². The van der Waals surface area contributed by atoms with Crippen LogP contribution in [0.25, 0.3) is 0 Å². The van der Waals surface area contributed by atoms with Crippen molar-refractivity contribution in [1.82, 2.24) is 0 Å². The molecule has 0 heterocycles. The van der Waals surface area contributed by atoms with Crippen LogP contribution in [0.15, 0.2) is 24.3 Å². The van der Waals surface area contributed by atoms with Crippen LogP contribution in [-0.4, -0.2) is 24.9 Å². The highest BCUT2D eigenvalue weighted by molar-refractivity contribution is 5.23. The van der Waals surface area contributed by atoms with E-state index in [1.165, 1.54) is 11.1 Å². The molecule has 2 nitrogen and oxygen atoms in total. The molecule has 0 aliphatic rings. The second-order valence-electron chi connectivity index (χ2n) is 4.37. The van der Waals surface area contributed by atoms with Gasteiger partial charge in [-0.15, -0.1) is 0 Å². The zero-order chi connectivity index (χ0) is 12.0. The molecule has 1 N–H and O–H groups in total. The van der Waals surface area contributed by atoms with Crippen LogP contribution < -0.4 is 0 Å². The fourth-order valence-electron chi connectivity index (χ4n) is 1.73. The molecule has 2 atom stereocenters. The molecule has 0 radical (unpaired) electrons. The topological polar surface area (TPSA) is 29.5 Å². The maximum absolute atomic E-state index is 9.95. The first kappa shape index (κ1) is 13.2. The summed E-state index contributed by atoms with van der Waals surface area (Å²) < 4.78 is 5.04. The third-order valence-electron chi connectivity index (χ3n) is 2.96. The number of ether oxygens (including phenoxy) is 1. The van der Waals surface area contributed by atoms with Crippen molar-refractivity contribution < 1.29 is 9.84 Å². The molecule has 90 valence electrons. The molecule has 1 rings (SSSR count). The molecule has 0 saturated carbocycles. The van der Waals surface area contributed by atoms with Crippen LogP contribution in [0, 0.1) is 5.92 Å². The maximum atomic E-state index is 9.95. The van der Waals surface area contributed by atoms with E-state index in [1.807, 2.05) is 6.92 Å². The van der Waals surface area contributed by atoms with Gasteiger partial charge in [-0.2, -0.15) is 0 Å². The van der Waals surface area contributed by atoms with Crippen molar-refractivity contribution in [2.24, 2.45) is 5.92 Å². The van der Waals surface area contributed by atoms with Gasteiger partial charge in [-0.1, -0.05) is 38.1 Å². The Morgan fingerprint density at radius 3 is 2.25 bits per heavy atom. The van der Waals surface area contributed by atoms with Gasteiger partial charge in [0, 0.05) is 13.0 Å². The van der Waals surface area contributed by atoms with Gasteiger partial charge in [-0.3, -0.25) is 0 Å². The van der Waals surface area contributed by atoms with Crippen molar-refractivity contribution in [2.45, 2.75) is 32.8 Å². The molecular weight excluding hydrogens is 200 g/mol. The molecule has 0 saturated heterocycles. The van der Waals surface area contributed by atoms with Gasteiger partial charge < -0.3 is 9.84 Å². The maximum Gasteiger partial charge on any atom is 0.0628 e. The molecular formula is C14H22O2. The Labute approximate surface area is 98.3 Å². The van der Waals surface area contributed by atoms with Gasteiger partial charge >= 0.3 is 0 Å². The standard InChI is InChI=1S/C14H22O2/c1-4-12-5-7-13(8-6-12)9-14(15)11(2)10-16-3/h5-8,11,14-15H,4,9-10H2,1-3H3. The summed E-state index contributed by atoms with van der Waals surface area (Å²) in [5, 5.41) is 9.95. The molecule has 0 aromatic heterocycles. The molecule has 0 bridgehead atoms. The van der Waals surface area contributed by atoms with E-state index in [0.717, 1.165) is 6.42 Å². The number of aliphatic hydroxyl groups is 1. The van der Waals surface area contributed by atoms with E-state index in [4.69, 9.17) is 4.74 Å². The molecule has 0 fully saturated rings. The van der Waals surface area contributed by atoms with Gasteiger partial charge in [0.05, 0.1) is 12.7 Å². The van der Waals surface area contributed by atoms with Crippen LogP contribution in [0.5, 0.6) is 0 Å². The lowest BCUT2D eigenvalue weighted by atomic mass is 9.97. The second kappa shape index (κ2) is 6.66. The number of aliphatic hydroxyl groups excluding tert-OH is 1. The summed E-state index contributed by atoms with van der Waals surface area (Å²) in [6.07, 6.45) is 1.43. The summed E-state index contributed by atoms with van der Waals surface area (Å²) in [6.45, 7) is 4.76. The third kappa shape index (κ3) is 3.95. The highest BCUT2D eigenvalue weighted by atomic mass is 16.5. The summed E-state index contributed by atoms with van der Waals surface area (Å²) in [5.74, 6) is 0.177. The largest absolute Gasteiger partial charge is 0.392 e. The van der Waals surface area contributed by atoms with E-state index in [1.54, 1.807) is 7.11 Å². The number of methoxy groups -OCH3 is 1. The van der Waals surface area contributed by atoms with Gasteiger partial charge in [-0.05, 0) is 24.0 Å². The summed E-state index contributed by atoms with van der Waals surface area (Å²) in [4.78, 5) is 0. The lowest BCUT2D eigenvalue weighted by molar-refractivity contribution is 0.0575. The fraction of sp³-hybridized carbons (Fsp3) is 0.571. The Morgan fingerprint density at radius 1 is 1.19 bits per heavy atom. The molecule has 16 heavy (non-hydrogen) atoms. The second-order valence-corrected chi connectivity index (χ2v) is 4.37. The number of benzene rings is 1. The van der Waals surface area contributed by atoms with Crippen molar-refractivity contribution in [3.8, 4) is 0 Å². The quantitative estimate of drug-likeness (QED) is 0.801. The van der Waals surface area contributed by atoms with Crippen molar-refractivity contribution >= 4 is 0 Å². The molecule has 1 aromatic carbocycles. The Bertz CT molecular complexity index is 292.